The number of aliphatic hydroxyl groups is 1. The first-order valence-corrected chi connectivity index (χ1v) is 7.82. The number of hydrogen-bond acceptors (Lipinski definition) is 4. The van der Waals surface area contributed by atoms with E-state index in [-0.39, 0.29) is 5.69 Å². The lowest BCUT2D eigenvalue weighted by Gasteiger charge is -2.23. The predicted octanol–water partition coefficient (Wildman–Crippen LogP) is 3.90. The summed E-state index contributed by atoms with van der Waals surface area (Å²) in [5, 5.41) is 21.2. The van der Waals surface area contributed by atoms with Crippen LogP contribution in [-0.4, -0.2) is 23.2 Å². The Kier molecular flexibility index (Phi) is 5.92. The van der Waals surface area contributed by atoms with Gasteiger partial charge in [0.1, 0.15) is 12.4 Å². The Balaban J connectivity index is 2.10. The lowest BCUT2D eigenvalue weighted by molar-refractivity contribution is -0.137. The van der Waals surface area contributed by atoms with Crippen LogP contribution in [0.25, 0.3) is 4.85 Å². The number of ether oxygens (including phenoxy) is 1. The Morgan fingerprint density at radius 2 is 1.93 bits per heavy atom. The van der Waals surface area contributed by atoms with Crippen molar-refractivity contribution in [2.75, 3.05) is 11.9 Å². The van der Waals surface area contributed by atoms with Gasteiger partial charge in [-0.15, -0.1) is 0 Å². The van der Waals surface area contributed by atoms with Gasteiger partial charge in [-0.1, -0.05) is 6.07 Å². The Hall–Kier alpha value is -3.56. The first-order chi connectivity index (χ1) is 13.1. The summed E-state index contributed by atoms with van der Waals surface area (Å²) in [6, 6.07) is 10.6. The average molecular weight is 389 g/mol. The van der Waals surface area contributed by atoms with E-state index in [0.717, 1.165) is 19.1 Å². The monoisotopic (exact) mass is 389 g/mol. The van der Waals surface area contributed by atoms with Crippen molar-refractivity contribution in [2.24, 2.45) is 0 Å². The molecule has 0 radical (unpaired) electrons. The summed E-state index contributed by atoms with van der Waals surface area (Å²) >= 11 is 0. The fourth-order valence-electron chi connectivity index (χ4n) is 2.12. The molecule has 2 aromatic rings. The molecule has 0 bridgehead atoms. The number of rotatable bonds is 5. The molecule has 1 amide bonds. The molecular formula is C19H14F3N3O3. The lowest BCUT2D eigenvalue weighted by Crippen LogP contribution is -2.45. The molecule has 0 saturated carbocycles. The van der Waals surface area contributed by atoms with Gasteiger partial charge in [0.2, 0.25) is 0 Å². The molecular weight excluding hydrogens is 375 g/mol. The second-order valence-electron chi connectivity index (χ2n) is 5.99. The number of carbonyl (C=O) groups excluding carboxylic acids is 1. The Labute approximate surface area is 158 Å². The third-order valence-corrected chi connectivity index (χ3v) is 3.67. The number of benzene rings is 2. The fraction of sp³-hybridized carbons (Fsp3) is 0.211. The number of carbonyl (C=O) groups is 1. The number of halogens is 3. The van der Waals surface area contributed by atoms with Crippen LogP contribution in [0.3, 0.4) is 0 Å². The van der Waals surface area contributed by atoms with Crippen LogP contribution in [0.1, 0.15) is 18.1 Å². The van der Waals surface area contributed by atoms with Gasteiger partial charge < -0.3 is 15.2 Å². The summed E-state index contributed by atoms with van der Waals surface area (Å²) in [5.41, 5.74) is -3.65. The summed E-state index contributed by atoms with van der Waals surface area (Å²) in [6.07, 6.45) is -4.76. The molecule has 0 aliphatic carbocycles. The smallest absolute Gasteiger partial charge is 0.407 e. The molecule has 0 aliphatic heterocycles. The highest BCUT2D eigenvalue weighted by molar-refractivity contribution is 5.97. The number of nitriles is 1. The zero-order valence-electron chi connectivity index (χ0n) is 14.5. The van der Waals surface area contributed by atoms with Crippen LogP contribution in [0.15, 0.2) is 42.5 Å². The number of nitrogens with one attached hydrogen (secondary N) is 1. The van der Waals surface area contributed by atoms with E-state index in [9.17, 15) is 23.1 Å². The van der Waals surface area contributed by atoms with Gasteiger partial charge in [-0.05, 0) is 43.3 Å². The van der Waals surface area contributed by atoms with Gasteiger partial charge in [0, 0.05) is 5.69 Å². The number of alkyl halides is 3. The van der Waals surface area contributed by atoms with Gasteiger partial charge in [0.15, 0.2) is 11.3 Å². The van der Waals surface area contributed by atoms with Crippen molar-refractivity contribution in [3.05, 3.63) is 65.0 Å². The molecule has 0 aliphatic rings. The SMILES string of the molecule is [C-]#[N+]c1ccc(NC(=O)C(C)(O)COc2ccc(C#N)cc2)cc1C(F)(F)F. The quantitative estimate of drug-likeness (QED) is 0.760. The van der Waals surface area contributed by atoms with Crippen molar-refractivity contribution >= 4 is 17.3 Å². The van der Waals surface area contributed by atoms with Gasteiger partial charge in [-0.2, -0.15) is 18.4 Å². The average Bonchev–Trinajstić information content (AvgIpc) is 2.66. The van der Waals surface area contributed by atoms with Gasteiger partial charge >= 0.3 is 6.18 Å². The van der Waals surface area contributed by atoms with Crippen molar-refractivity contribution in [1.29, 1.82) is 5.26 Å². The number of anilines is 1. The molecule has 0 fully saturated rings. The molecule has 2 N–H and O–H groups in total. The molecule has 1 unspecified atom stereocenters. The largest absolute Gasteiger partial charge is 0.490 e. The molecule has 0 aromatic heterocycles. The Bertz CT molecular complexity index is 956. The van der Waals surface area contributed by atoms with Gasteiger partial charge in [-0.25, -0.2) is 4.85 Å². The third kappa shape index (κ3) is 5.00. The standard InChI is InChI=1S/C19H14F3N3O3/c1-18(27,11-28-14-6-3-12(10-23)4-7-14)17(26)25-13-5-8-16(24-2)15(9-13)19(20,21)22/h3-9,27H,11H2,1H3,(H,25,26). The van der Waals surface area contributed by atoms with Crippen molar-refractivity contribution in [1.82, 2.24) is 0 Å². The molecule has 0 saturated heterocycles. The first kappa shape index (κ1) is 20.7. The van der Waals surface area contributed by atoms with Crippen LogP contribution in [0.2, 0.25) is 0 Å². The number of nitrogens with zero attached hydrogens (tertiary/aromatic N) is 2. The van der Waals surface area contributed by atoms with Gasteiger partial charge in [0.05, 0.1) is 23.8 Å². The van der Waals surface area contributed by atoms with E-state index in [4.69, 9.17) is 16.6 Å². The maximum atomic E-state index is 13.0. The minimum absolute atomic E-state index is 0.219. The molecule has 9 heteroatoms. The van der Waals surface area contributed by atoms with Gasteiger partial charge in [-0.3, -0.25) is 4.79 Å². The van der Waals surface area contributed by atoms with E-state index in [0.29, 0.717) is 17.4 Å². The molecule has 0 heterocycles. The second-order valence-corrected chi connectivity index (χ2v) is 5.99. The zero-order valence-corrected chi connectivity index (χ0v) is 14.5. The third-order valence-electron chi connectivity index (χ3n) is 3.67. The van der Waals surface area contributed by atoms with E-state index < -0.39 is 35.5 Å². The van der Waals surface area contributed by atoms with Crippen molar-refractivity contribution < 1.29 is 27.8 Å². The maximum absolute atomic E-state index is 13.0. The highest BCUT2D eigenvalue weighted by Gasteiger charge is 2.35. The van der Waals surface area contributed by atoms with Crippen LogP contribution >= 0.6 is 0 Å². The molecule has 2 rings (SSSR count). The van der Waals surface area contributed by atoms with E-state index in [1.807, 2.05) is 6.07 Å². The van der Waals surface area contributed by atoms with E-state index in [1.54, 1.807) is 0 Å². The number of amides is 1. The summed E-state index contributed by atoms with van der Waals surface area (Å²) < 4.78 is 44.3. The first-order valence-electron chi connectivity index (χ1n) is 7.82. The van der Waals surface area contributed by atoms with Crippen LogP contribution in [0.5, 0.6) is 5.75 Å². The molecule has 1 atom stereocenters. The van der Waals surface area contributed by atoms with E-state index in [2.05, 4.69) is 10.2 Å². The lowest BCUT2D eigenvalue weighted by atomic mass is 10.1. The summed E-state index contributed by atoms with van der Waals surface area (Å²) in [5.74, 6) is -0.683. The molecule has 0 spiro atoms. The minimum atomic E-state index is -4.76. The van der Waals surface area contributed by atoms with Crippen molar-refractivity contribution in [3.63, 3.8) is 0 Å². The summed E-state index contributed by atoms with van der Waals surface area (Å²) in [6.45, 7) is 7.47. The van der Waals surface area contributed by atoms with Crippen LogP contribution in [-0.2, 0) is 11.0 Å². The molecule has 2 aromatic carbocycles. The van der Waals surface area contributed by atoms with Crippen molar-refractivity contribution in [3.8, 4) is 11.8 Å². The molecule has 6 nitrogen and oxygen atoms in total. The second kappa shape index (κ2) is 7.99. The molecule has 144 valence electrons. The number of hydrogen-bond donors (Lipinski definition) is 2. The van der Waals surface area contributed by atoms with Crippen molar-refractivity contribution in [2.45, 2.75) is 18.7 Å². The van der Waals surface area contributed by atoms with E-state index >= 15 is 0 Å². The van der Waals surface area contributed by atoms with E-state index in [1.165, 1.54) is 24.3 Å². The Morgan fingerprint density at radius 1 is 1.29 bits per heavy atom. The van der Waals surface area contributed by atoms with Gasteiger partial charge in [0.25, 0.3) is 5.91 Å². The highest BCUT2D eigenvalue weighted by Crippen LogP contribution is 2.38. The van der Waals surface area contributed by atoms with Crippen LogP contribution in [0, 0.1) is 17.9 Å². The fourth-order valence-corrected chi connectivity index (χ4v) is 2.12. The highest BCUT2D eigenvalue weighted by atomic mass is 19.4. The van der Waals surface area contributed by atoms with Crippen LogP contribution in [0.4, 0.5) is 24.5 Å². The normalized spacial score (nSPS) is 13.0. The maximum Gasteiger partial charge on any atom is 0.407 e. The summed E-state index contributed by atoms with van der Waals surface area (Å²) in [4.78, 5) is 15.1. The van der Waals surface area contributed by atoms with Crippen LogP contribution < -0.4 is 10.1 Å². The Morgan fingerprint density at radius 3 is 2.46 bits per heavy atom. The minimum Gasteiger partial charge on any atom is -0.490 e. The topological polar surface area (TPSA) is 86.7 Å². The predicted molar refractivity (Wildman–Crippen MR) is 93.6 cm³/mol. The molecule has 28 heavy (non-hydrogen) atoms. The summed E-state index contributed by atoms with van der Waals surface area (Å²) in [7, 11) is 0. The zero-order chi connectivity index (χ0) is 20.9.